The van der Waals surface area contributed by atoms with Gasteiger partial charge in [0.05, 0.1) is 5.02 Å². The summed E-state index contributed by atoms with van der Waals surface area (Å²) in [5.74, 6) is 0. The predicted octanol–water partition coefficient (Wildman–Crippen LogP) is 3.63. The summed E-state index contributed by atoms with van der Waals surface area (Å²) in [4.78, 5) is 1.30. The van der Waals surface area contributed by atoms with Gasteiger partial charge in [-0.15, -0.1) is 11.3 Å². The Morgan fingerprint density at radius 3 is 2.79 bits per heavy atom. The van der Waals surface area contributed by atoms with Crippen molar-refractivity contribution in [3.63, 3.8) is 0 Å². The van der Waals surface area contributed by atoms with Crippen LogP contribution in [0.3, 0.4) is 0 Å². The van der Waals surface area contributed by atoms with Crippen molar-refractivity contribution in [1.82, 2.24) is 5.32 Å². The first kappa shape index (κ1) is 12.4. The van der Waals surface area contributed by atoms with E-state index >= 15 is 0 Å². The summed E-state index contributed by atoms with van der Waals surface area (Å²) in [5, 5.41) is 6.25. The molecule has 80 valence electrons. The van der Waals surface area contributed by atoms with Crippen LogP contribution in [0.5, 0.6) is 0 Å². The molecule has 1 rings (SSSR count). The highest BCUT2D eigenvalue weighted by Gasteiger charge is 2.14. The lowest BCUT2D eigenvalue weighted by Gasteiger charge is -2.22. The maximum absolute atomic E-state index is 5.84. The van der Waals surface area contributed by atoms with Crippen LogP contribution < -0.4 is 5.32 Å². The van der Waals surface area contributed by atoms with Gasteiger partial charge in [-0.3, -0.25) is 0 Å². The average molecular weight is 250 g/mol. The van der Waals surface area contributed by atoms with Gasteiger partial charge in [-0.05, 0) is 26.2 Å². The van der Waals surface area contributed by atoms with E-state index in [1.807, 2.05) is 23.2 Å². The van der Waals surface area contributed by atoms with Gasteiger partial charge in [-0.25, -0.2) is 0 Å². The van der Waals surface area contributed by atoms with Crippen molar-refractivity contribution in [2.75, 3.05) is 12.8 Å². The van der Waals surface area contributed by atoms with Gasteiger partial charge < -0.3 is 5.32 Å². The van der Waals surface area contributed by atoms with Crippen LogP contribution in [-0.4, -0.2) is 17.5 Å². The fourth-order valence-corrected chi connectivity index (χ4v) is 2.29. The van der Waals surface area contributed by atoms with Gasteiger partial charge in [0.15, 0.2) is 0 Å². The van der Waals surface area contributed by atoms with E-state index < -0.39 is 0 Å². The van der Waals surface area contributed by atoms with Crippen molar-refractivity contribution in [2.45, 2.75) is 25.1 Å². The minimum Gasteiger partial charge on any atom is -0.310 e. The van der Waals surface area contributed by atoms with E-state index in [9.17, 15) is 0 Å². The molecule has 4 heteroatoms. The van der Waals surface area contributed by atoms with Crippen LogP contribution in [0.2, 0.25) is 5.02 Å². The Morgan fingerprint density at radius 2 is 2.29 bits per heavy atom. The molecule has 0 fully saturated rings. The Balaban J connectivity index is 2.28. The van der Waals surface area contributed by atoms with Crippen LogP contribution >= 0.6 is 34.7 Å². The third-order valence-electron chi connectivity index (χ3n) is 2.02. The first-order chi connectivity index (χ1) is 6.53. The fourth-order valence-electron chi connectivity index (χ4n) is 1.01. The molecule has 14 heavy (non-hydrogen) atoms. The number of hydrogen-bond donors (Lipinski definition) is 1. The van der Waals surface area contributed by atoms with Crippen LogP contribution in [0.25, 0.3) is 0 Å². The van der Waals surface area contributed by atoms with Crippen LogP contribution in [0, 0.1) is 0 Å². The second-order valence-electron chi connectivity index (χ2n) is 3.80. The Kier molecular flexibility index (Phi) is 4.77. The van der Waals surface area contributed by atoms with E-state index in [4.69, 9.17) is 11.6 Å². The minimum absolute atomic E-state index is 0.307. The van der Waals surface area contributed by atoms with Gasteiger partial charge in [0.1, 0.15) is 0 Å². The molecule has 1 N–H and O–H groups in total. The number of hydrogen-bond acceptors (Lipinski definition) is 3. The standard InChI is InChI=1S/C10H16ClNS2/c1-10(2,13-3)7-12-5-9-4-8(11)6-14-9/h4,6,12H,5,7H2,1-3H3. The van der Waals surface area contributed by atoms with E-state index in [0.29, 0.717) is 4.75 Å². The SMILES string of the molecule is CSC(C)(C)CNCc1cc(Cl)cs1. The summed E-state index contributed by atoms with van der Waals surface area (Å²) in [6, 6.07) is 2.02. The Hall–Kier alpha value is 0.300. The van der Waals surface area contributed by atoms with Crippen molar-refractivity contribution in [2.24, 2.45) is 0 Å². The first-order valence-electron chi connectivity index (χ1n) is 4.52. The second kappa shape index (κ2) is 5.40. The lowest BCUT2D eigenvalue weighted by atomic mass is 10.2. The molecule has 1 aromatic heterocycles. The van der Waals surface area contributed by atoms with Crippen molar-refractivity contribution in [3.8, 4) is 0 Å². The molecule has 0 aromatic carbocycles. The molecular weight excluding hydrogens is 234 g/mol. The molecule has 0 saturated carbocycles. The maximum atomic E-state index is 5.84. The zero-order valence-electron chi connectivity index (χ0n) is 8.76. The van der Waals surface area contributed by atoms with Crippen molar-refractivity contribution in [1.29, 1.82) is 0 Å². The van der Waals surface area contributed by atoms with Gasteiger partial charge in [-0.2, -0.15) is 11.8 Å². The summed E-state index contributed by atoms with van der Waals surface area (Å²) in [5.41, 5.74) is 0. The molecule has 1 nitrogen and oxygen atoms in total. The summed E-state index contributed by atoms with van der Waals surface area (Å²) in [7, 11) is 0. The smallest absolute Gasteiger partial charge is 0.0516 e. The minimum atomic E-state index is 0.307. The number of thiophene rings is 1. The molecule has 0 saturated heterocycles. The first-order valence-corrected chi connectivity index (χ1v) is 7.00. The van der Waals surface area contributed by atoms with E-state index in [1.165, 1.54) is 4.88 Å². The molecule has 0 spiro atoms. The quantitative estimate of drug-likeness (QED) is 0.855. The van der Waals surface area contributed by atoms with Gasteiger partial charge in [0, 0.05) is 28.1 Å². The van der Waals surface area contributed by atoms with Crippen LogP contribution in [0.4, 0.5) is 0 Å². The number of nitrogens with one attached hydrogen (secondary N) is 1. The summed E-state index contributed by atoms with van der Waals surface area (Å²) in [6.45, 7) is 6.42. The van der Waals surface area contributed by atoms with E-state index in [-0.39, 0.29) is 0 Å². The van der Waals surface area contributed by atoms with E-state index in [0.717, 1.165) is 18.1 Å². The molecular formula is C10H16ClNS2. The highest BCUT2D eigenvalue weighted by atomic mass is 35.5. The monoisotopic (exact) mass is 249 g/mol. The largest absolute Gasteiger partial charge is 0.310 e. The van der Waals surface area contributed by atoms with E-state index in [1.54, 1.807) is 11.3 Å². The van der Waals surface area contributed by atoms with Crippen molar-refractivity contribution < 1.29 is 0 Å². The van der Waals surface area contributed by atoms with E-state index in [2.05, 4.69) is 25.4 Å². The van der Waals surface area contributed by atoms with Crippen LogP contribution in [0.1, 0.15) is 18.7 Å². The highest BCUT2D eigenvalue weighted by Crippen LogP contribution is 2.21. The Morgan fingerprint density at radius 1 is 1.57 bits per heavy atom. The maximum Gasteiger partial charge on any atom is 0.0516 e. The number of rotatable bonds is 5. The normalized spacial score (nSPS) is 12.0. The average Bonchev–Trinajstić information content (AvgIpc) is 2.51. The fraction of sp³-hybridized carbons (Fsp3) is 0.600. The molecule has 0 atom stereocenters. The number of halogens is 1. The van der Waals surface area contributed by atoms with Gasteiger partial charge in [0.25, 0.3) is 0 Å². The third kappa shape index (κ3) is 4.22. The molecule has 0 aliphatic carbocycles. The number of thioether (sulfide) groups is 1. The lowest BCUT2D eigenvalue weighted by molar-refractivity contribution is 0.594. The second-order valence-corrected chi connectivity index (χ2v) is 6.74. The molecule has 0 unspecified atom stereocenters. The Labute approximate surface area is 99.2 Å². The third-order valence-corrected chi connectivity index (χ3v) is 4.56. The predicted molar refractivity (Wildman–Crippen MR) is 68.6 cm³/mol. The molecule has 1 heterocycles. The highest BCUT2D eigenvalue weighted by molar-refractivity contribution is 7.99. The van der Waals surface area contributed by atoms with Crippen molar-refractivity contribution >= 4 is 34.7 Å². The lowest BCUT2D eigenvalue weighted by Crippen LogP contribution is -2.31. The molecule has 0 amide bonds. The zero-order valence-corrected chi connectivity index (χ0v) is 11.2. The zero-order chi connectivity index (χ0) is 10.6. The molecule has 0 radical (unpaired) electrons. The summed E-state index contributed by atoms with van der Waals surface area (Å²) >= 11 is 9.42. The van der Waals surface area contributed by atoms with Crippen LogP contribution in [0.15, 0.2) is 11.4 Å². The van der Waals surface area contributed by atoms with Crippen molar-refractivity contribution in [3.05, 3.63) is 21.3 Å². The Bertz CT molecular complexity index is 283. The molecule has 0 aliphatic rings. The topological polar surface area (TPSA) is 12.0 Å². The summed E-state index contributed by atoms with van der Waals surface area (Å²) < 4.78 is 0.307. The summed E-state index contributed by atoms with van der Waals surface area (Å²) in [6.07, 6.45) is 2.14. The molecule has 1 aromatic rings. The van der Waals surface area contributed by atoms with Crippen LogP contribution in [-0.2, 0) is 6.54 Å². The molecule has 0 aliphatic heterocycles. The van der Waals surface area contributed by atoms with Gasteiger partial charge in [0.2, 0.25) is 0 Å². The van der Waals surface area contributed by atoms with Gasteiger partial charge in [-0.1, -0.05) is 11.6 Å². The molecule has 0 bridgehead atoms. The van der Waals surface area contributed by atoms with Gasteiger partial charge >= 0.3 is 0 Å².